The molecule has 0 aliphatic carbocycles. The molecule has 5 N–H and O–H groups in total. The van der Waals surface area contributed by atoms with E-state index in [1.165, 1.54) is 25.4 Å². The molecule has 2 rings (SSSR count). The summed E-state index contributed by atoms with van der Waals surface area (Å²) >= 11 is 12.2. The van der Waals surface area contributed by atoms with E-state index >= 15 is 0 Å². The van der Waals surface area contributed by atoms with Crippen LogP contribution in [0.25, 0.3) is 0 Å². The fourth-order valence-electron chi connectivity index (χ4n) is 2.71. The minimum atomic E-state index is -0.967. The van der Waals surface area contributed by atoms with Gasteiger partial charge in [0.15, 0.2) is 23.0 Å². The highest BCUT2D eigenvalue weighted by atomic mass is 35.5. The van der Waals surface area contributed by atoms with Gasteiger partial charge in [-0.15, -0.1) is 0 Å². The summed E-state index contributed by atoms with van der Waals surface area (Å²) in [4.78, 5) is 16.5. The Labute approximate surface area is 171 Å². The van der Waals surface area contributed by atoms with Crippen LogP contribution in [-0.2, 0) is 16.0 Å². The highest BCUT2D eigenvalue weighted by Crippen LogP contribution is 2.30. The second-order valence-electron chi connectivity index (χ2n) is 6.01. The molecular weight excluding hydrogens is 413 g/mol. The zero-order valence-corrected chi connectivity index (χ0v) is 16.5. The Morgan fingerprint density at radius 3 is 2.71 bits per heavy atom. The molecule has 152 valence electrons. The Balaban J connectivity index is 2.09. The van der Waals surface area contributed by atoms with Crippen molar-refractivity contribution in [3.05, 3.63) is 58.5 Å². The van der Waals surface area contributed by atoms with Gasteiger partial charge in [0.25, 0.3) is 5.91 Å². The molecule has 1 aromatic rings. The number of carbonyl (C=O) groups excluding carboxylic acids is 1. The van der Waals surface area contributed by atoms with Crippen LogP contribution in [0, 0.1) is 17.6 Å². The van der Waals surface area contributed by atoms with Crippen LogP contribution in [0.3, 0.4) is 0 Å². The van der Waals surface area contributed by atoms with Gasteiger partial charge < -0.3 is 21.5 Å². The van der Waals surface area contributed by atoms with E-state index in [4.69, 9.17) is 39.4 Å². The minimum absolute atomic E-state index is 0.0172. The molecule has 10 heteroatoms. The lowest BCUT2D eigenvalue weighted by Gasteiger charge is -2.18. The third-order valence-electron chi connectivity index (χ3n) is 4.11. The molecule has 1 aromatic carbocycles. The number of amides is 1. The molecule has 3 unspecified atom stereocenters. The summed E-state index contributed by atoms with van der Waals surface area (Å²) in [6.45, 7) is 0.0785. The number of nitrogens with one attached hydrogen (secondary N) is 1. The van der Waals surface area contributed by atoms with Crippen LogP contribution in [0.5, 0.6) is 0 Å². The van der Waals surface area contributed by atoms with E-state index in [2.05, 4.69) is 10.3 Å². The second-order valence-corrected chi connectivity index (χ2v) is 6.85. The molecule has 1 heterocycles. The number of nitrogens with zero attached hydrogens (tertiary/aromatic N) is 1. The van der Waals surface area contributed by atoms with Gasteiger partial charge in [-0.1, -0.05) is 29.3 Å². The number of hydrogen-bond donors (Lipinski definition) is 3. The summed E-state index contributed by atoms with van der Waals surface area (Å²) in [5.41, 5.74) is 11.1. The lowest BCUT2D eigenvalue weighted by Crippen LogP contribution is -2.42. The molecular formula is C18H20Cl2F2N4O2. The van der Waals surface area contributed by atoms with E-state index in [0.29, 0.717) is 11.3 Å². The van der Waals surface area contributed by atoms with Gasteiger partial charge in [0, 0.05) is 25.8 Å². The Morgan fingerprint density at radius 2 is 2.14 bits per heavy atom. The number of alkyl halides is 1. The Hall–Kier alpha value is -2.16. The predicted molar refractivity (Wildman–Crippen MR) is 105 cm³/mol. The molecule has 0 bridgehead atoms. The van der Waals surface area contributed by atoms with Gasteiger partial charge in [0.05, 0.1) is 16.7 Å². The van der Waals surface area contributed by atoms with Gasteiger partial charge in [0.2, 0.25) is 0 Å². The zero-order chi connectivity index (χ0) is 20.8. The summed E-state index contributed by atoms with van der Waals surface area (Å²) < 4.78 is 31.8. The van der Waals surface area contributed by atoms with Crippen molar-refractivity contribution in [3.63, 3.8) is 0 Å². The van der Waals surface area contributed by atoms with Crippen LogP contribution in [0.1, 0.15) is 5.56 Å². The van der Waals surface area contributed by atoms with Gasteiger partial charge in [-0.25, -0.2) is 8.78 Å². The van der Waals surface area contributed by atoms with Crippen molar-refractivity contribution in [3.8, 4) is 0 Å². The number of hydrogen-bond acceptors (Lipinski definition) is 5. The minimum Gasteiger partial charge on any atom is -0.468 e. The van der Waals surface area contributed by atoms with Crippen LogP contribution >= 0.6 is 23.2 Å². The highest BCUT2D eigenvalue weighted by Gasteiger charge is 2.35. The van der Waals surface area contributed by atoms with Crippen molar-refractivity contribution in [1.82, 2.24) is 5.32 Å². The van der Waals surface area contributed by atoms with Crippen LogP contribution in [-0.4, -0.2) is 36.8 Å². The van der Waals surface area contributed by atoms with Gasteiger partial charge >= 0.3 is 0 Å². The summed E-state index contributed by atoms with van der Waals surface area (Å²) in [6, 6.07) is 2.98. The van der Waals surface area contributed by atoms with Crippen molar-refractivity contribution >= 4 is 34.8 Å². The van der Waals surface area contributed by atoms with Crippen molar-refractivity contribution in [2.24, 2.45) is 22.4 Å². The van der Waals surface area contributed by atoms with Gasteiger partial charge in [-0.05, 0) is 30.2 Å². The first-order valence-electron chi connectivity index (χ1n) is 8.32. The number of halogens is 4. The Kier molecular flexibility index (Phi) is 7.79. The molecule has 0 saturated carbocycles. The molecule has 0 radical (unpaired) electrons. The first-order valence-corrected chi connectivity index (χ1v) is 9.14. The predicted octanol–water partition coefficient (Wildman–Crippen LogP) is 2.16. The van der Waals surface area contributed by atoms with E-state index in [-0.39, 0.29) is 23.8 Å². The molecule has 3 atom stereocenters. The number of carbonyl (C=O) groups is 1. The first-order chi connectivity index (χ1) is 13.3. The van der Waals surface area contributed by atoms with Gasteiger partial charge in [0.1, 0.15) is 0 Å². The second kappa shape index (κ2) is 9.86. The van der Waals surface area contributed by atoms with Crippen LogP contribution in [0.2, 0.25) is 0 Å². The van der Waals surface area contributed by atoms with Crippen LogP contribution in [0.4, 0.5) is 8.78 Å². The maximum atomic E-state index is 13.4. The van der Waals surface area contributed by atoms with E-state index in [1.54, 1.807) is 0 Å². The lowest BCUT2D eigenvalue weighted by molar-refractivity contribution is -0.121. The molecule has 0 spiro atoms. The van der Waals surface area contributed by atoms with E-state index in [9.17, 15) is 13.6 Å². The molecule has 1 aliphatic heterocycles. The summed E-state index contributed by atoms with van der Waals surface area (Å²) in [5.74, 6) is -3.04. The van der Waals surface area contributed by atoms with E-state index in [0.717, 1.165) is 12.1 Å². The number of allylic oxidation sites excluding steroid dienone is 1. The summed E-state index contributed by atoms with van der Waals surface area (Å²) in [6.07, 6.45) is 2.88. The smallest absolute Gasteiger partial charge is 0.286 e. The molecule has 0 saturated heterocycles. The Morgan fingerprint density at radius 1 is 1.43 bits per heavy atom. The number of nitrogens with two attached hydrogens (primary N) is 2. The topological polar surface area (TPSA) is 103 Å². The quantitative estimate of drug-likeness (QED) is 0.453. The van der Waals surface area contributed by atoms with Crippen molar-refractivity contribution < 1.29 is 18.3 Å². The van der Waals surface area contributed by atoms with Crippen molar-refractivity contribution in [2.75, 3.05) is 13.6 Å². The maximum absolute atomic E-state index is 13.4. The molecule has 1 aliphatic rings. The number of aliphatic imine (C=N–C) groups is 1. The average molecular weight is 433 g/mol. The number of benzene rings is 1. The van der Waals surface area contributed by atoms with E-state index in [1.807, 2.05) is 0 Å². The first kappa shape index (κ1) is 22.1. The summed E-state index contributed by atoms with van der Waals surface area (Å²) in [7, 11) is 1.52. The van der Waals surface area contributed by atoms with E-state index < -0.39 is 35.1 Å². The average Bonchev–Trinajstić information content (AvgIpc) is 3.06. The maximum Gasteiger partial charge on any atom is 0.286 e. The molecule has 6 nitrogen and oxygen atoms in total. The molecule has 0 aromatic heterocycles. The zero-order valence-electron chi connectivity index (χ0n) is 15.0. The van der Waals surface area contributed by atoms with Crippen LogP contribution in [0.15, 0.2) is 46.3 Å². The number of ether oxygens (including phenoxy) is 1. The van der Waals surface area contributed by atoms with Crippen LogP contribution < -0.4 is 16.8 Å². The SMILES string of the molecule is CN=C(C(Cl)=CN)C1C=C(C(=O)NC(CN)Cc2ccc(F)c(F)c2)OC1Cl. The molecule has 1 amide bonds. The van der Waals surface area contributed by atoms with Crippen molar-refractivity contribution in [2.45, 2.75) is 18.0 Å². The molecule has 28 heavy (non-hydrogen) atoms. The largest absolute Gasteiger partial charge is 0.468 e. The molecule has 0 fully saturated rings. The fourth-order valence-corrected chi connectivity index (χ4v) is 3.20. The highest BCUT2D eigenvalue weighted by molar-refractivity contribution is 6.44. The Bertz CT molecular complexity index is 830. The standard InChI is InChI=1S/C18H20Cl2F2N4O2/c1-25-16(12(19)8-24)11-6-15(28-17(11)20)18(27)26-10(7-23)4-9-2-3-13(21)14(22)5-9/h2-3,5-6,8,10-11,17H,4,7,23-24H2,1H3,(H,26,27). The van der Waals surface area contributed by atoms with Gasteiger partial charge in [-0.3, -0.25) is 9.79 Å². The fraction of sp³-hybridized carbons (Fsp3) is 0.333. The third kappa shape index (κ3) is 5.21. The number of rotatable bonds is 7. The summed E-state index contributed by atoms with van der Waals surface area (Å²) in [5, 5.41) is 2.88. The normalized spacial score (nSPS) is 21.1. The third-order valence-corrected chi connectivity index (χ3v) is 4.79. The van der Waals surface area contributed by atoms with Crippen molar-refractivity contribution in [1.29, 1.82) is 0 Å². The van der Waals surface area contributed by atoms with Gasteiger partial charge in [-0.2, -0.15) is 0 Å². The lowest BCUT2D eigenvalue weighted by atomic mass is 10.0. The monoisotopic (exact) mass is 432 g/mol.